The number of carbonyl (C=O) groups is 1. The van der Waals surface area contributed by atoms with Crippen LogP contribution in [-0.2, 0) is 6.42 Å². The molecule has 3 nitrogen and oxygen atoms in total. The van der Waals surface area contributed by atoms with Gasteiger partial charge in [-0.1, -0.05) is 12.1 Å². The molecule has 2 rings (SSSR count). The third-order valence-electron chi connectivity index (χ3n) is 2.57. The van der Waals surface area contributed by atoms with Gasteiger partial charge < -0.3 is 10.1 Å². The van der Waals surface area contributed by atoms with E-state index in [9.17, 15) is 4.79 Å². The molecular weight excluding hydrogens is 246 g/mol. The molecular formula is C14H15NO2S. The molecule has 94 valence electrons. The van der Waals surface area contributed by atoms with E-state index in [4.69, 9.17) is 4.74 Å². The first kappa shape index (κ1) is 12.6. The van der Waals surface area contributed by atoms with Crippen LogP contribution in [0.5, 0.6) is 5.75 Å². The van der Waals surface area contributed by atoms with Crippen LogP contribution < -0.4 is 10.1 Å². The van der Waals surface area contributed by atoms with Crippen LogP contribution in [0.25, 0.3) is 0 Å². The van der Waals surface area contributed by atoms with Gasteiger partial charge >= 0.3 is 0 Å². The number of carbonyl (C=O) groups excluding carboxylic acids is 1. The van der Waals surface area contributed by atoms with E-state index in [0.717, 1.165) is 6.42 Å². The number of rotatable bonds is 5. The second-order valence-electron chi connectivity index (χ2n) is 3.82. The minimum absolute atomic E-state index is 0.0644. The van der Waals surface area contributed by atoms with Crippen molar-refractivity contribution >= 4 is 17.2 Å². The van der Waals surface area contributed by atoms with Gasteiger partial charge in [0, 0.05) is 17.0 Å². The monoisotopic (exact) mass is 261 g/mol. The van der Waals surface area contributed by atoms with Gasteiger partial charge in [0.2, 0.25) is 0 Å². The number of nitrogens with one attached hydrogen (secondary N) is 1. The van der Waals surface area contributed by atoms with Crippen LogP contribution in [0.4, 0.5) is 0 Å². The van der Waals surface area contributed by atoms with E-state index in [1.165, 1.54) is 4.88 Å². The Balaban J connectivity index is 1.87. The van der Waals surface area contributed by atoms with E-state index in [2.05, 4.69) is 11.4 Å². The van der Waals surface area contributed by atoms with E-state index >= 15 is 0 Å². The van der Waals surface area contributed by atoms with Gasteiger partial charge in [-0.25, -0.2) is 0 Å². The molecule has 1 N–H and O–H groups in total. The first-order chi connectivity index (χ1) is 8.79. The van der Waals surface area contributed by atoms with Gasteiger partial charge in [-0.15, -0.1) is 11.3 Å². The summed E-state index contributed by atoms with van der Waals surface area (Å²) in [6.45, 7) is 0.649. The Labute approximate surface area is 110 Å². The SMILES string of the molecule is COc1cccc(C(=O)NCCc2cccs2)c1. The molecule has 0 atom stereocenters. The zero-order chi connectivity index (χ0) is 12.8. The number of benzene rings is 1. The summed E-state index contributed by atoms with van der Waals surface area (Å²) < 4.78 is 5.09. The number of ether oxygens (including phenoxy) is 1. The molecule has 0 unspecified atom stereocenters. The summed E-state index contributed by atoms with van der Waals surface area (Å²) in [5.74, 6) is 0.631. The van der Waals surface area contributed by atoms with Crippen molar-refractivity contribution in [3.05, 3.63) is 52.2 Å². The molecule has 1 heterocycles. The summed E-state index contributed by atoms with van der Waals surface area (Å²) in [6.07, 6.45) is 0.868. The minimum atomic E-state index is -0.0644. The van der Waals surface area contributed by atoms with Gasteiger partial charge in [0.05, 0.1) is 7.11 Å². The normalized spacial score (nSPS) is 10.1. The molecule has 1 aromatic heterocycles. The first-order valence-corrected chi connectivity index (χ1v) is 6.62. The lowest BCUT2D eigenvalue weighted by Crippen LogP contribution is -2.25. The molecule has 0 fully saturated rings. The smallest absolute Gasteiger partial charge is 0.251 e. The highest BCUT2D eigenvalue weighted by Crippen LogP contribution is 2.12. The molecule has 0 saturated carbocycles. The second-order valence-corrected chi connectivity index (χ2v) is 4.85. The molecule has 0 radical (unpaired) electrons. The van der Waals surface area contributed by atoms with Gasteiger partial charge in [0.15, 0.2) is 0 Å². The first-order valence-electron chi connectivity index (χ1n) is 5.74. The Morgan fingerprint density at radius 3 is 2.94 bits per heavy atom. The standard InChI is InChI=1S/C14H15NO2S/c1-17-12-5-2-4-11(10-12)14(16)15-8-7-13-6-3-9-18-13/h2-6,9-10H,7-8H2,1H3,(H,15,16). The maximum atomic E-state index is 11.9. The number of methoxy groups -OCH3 is 1. The molecule has 1 amide bonds. The van der Waals surface area contributed by atoms with Gasteiger partial charge in [-0.3, -0.25) is 4.79 Å². The predicted octanol–water partition coefficient (Wildman–Crippen LogP) is 2.73. The van der Waals surface area contributed by atoms with Crippen LogP contribution in [0.1, 0.15) is 15.2 Å². The van der Waals surface area contributed by atoms with Gasteiger partial charge in [0.25, 0.3) is 5.91 Å². The van der Waals surface area contributed by atoms with Crippen molar-refractivity contribution in [3.8, 4) is 5.75 Å². The predicted molar refractivity (Wildman–Crippen MR) is 73.4 cm³/mol. The van der Waals surface area contributed by atoms with Crippen molar-refractivity contribution in [2.45, 2.75) is 6.42 Å². The van der Waals surface area contributed by atoms with Gasteiger partial charge in [-0.2, -0.15) is 0 Å². The zero-order valence-corrected chi connectivity index (χ0v) is 11.0. The second kappa shape index (κ2) is 6.21. The van der Waals surface area contributed by atoms with Crippen molar-refractivity contribution < 1.29 is 9.53 Å². The van der Waals surface area contributed by atoms with Crippen LogP contribution in [-0.4, -0.2) is 19.6 Å². The molecule has 0 aliphatic heterocycles. The van der Waals surface area contributed by atoms with Crippen LogP contribution >= 0.6 is 11.3 Å². The lowest BCUT2D eigenvalue weighted by Gasteiger charge is -2.06. The summed E-state index contributed by atoms with van der Waals surface area (Å²) in [7, 11) is 1.59. The number of amides is 1. The Hall–Kier alpha value is -1.81. The summed E-state index contributed by atoms with van der Waals surface area (Å²) in [5.41, 5.74) is 0.625. The molecule has 2 aromatic rings. The van der Waals surface area contributed by atoms with E-state index in [1.807, 2.05) is 23.6 Å². The Morgan fingerprint density at radius 2 is 2.22 bits per heavy atom. The zero-order valence-electron chi connectivity index (χ0n) is 10.2. The maximum Gasteiger partial charge on any atom is 0.251 e. The fourth-order valence-electron chi connectivity index (χ4n) is 1.62. The van der Waals surface area contributed by atoms with Gasteiger partial charge in [0.1, 0.15) is 5.75 Å². The average molecular weight is 261 g/mol. The van der Waals surface area contributed by atoms with Crippen molar-refractivity contribution in [1.29, 1.82) is 0 Å². The Kier molecular flexibility index (Phi) is 4.36. The lowest BCUT2D eigenvalue weighted by molar-refractivity contribution is 0.0954. The van der Waals surface area contributed by atoms with Crippen molar-refractivity contribution in [3.63, 3.8) is 0 Å². The number of hydrogen-bond donors (Lipinski definition) is 1. The summed E-state index contributed by atoms with van der Waals surface area (Å²) in [6, 6.07) is 11.2. The molecule has 0 spiro atoms. The fraction of sp³-hybridized carbons (Fsp3) is 0.214. The molecule has 0 aliphatic carbocycles. The molecule has 1 aromatic carbocycles. The van der Waals surface area contributed by atoms with Crippen molar-refractivity contribution in [1.82, 2.24) is 5.32 Å². The van der Waals surface area contributed by atoms with Crippen LogP contribution in [0.3, 0.4) is 0 Å². The van der Waals surface area contributed by atoms with Crippen molar-refractivity contribution in [2.75, 3.05) is 13.7 Å². The van der Waals surface area contributed by atoms with E-state index in [-0.39, 0.29) is 5.91 Å². The Bertz CT molecular complexity index is 508. The number of thiophene rings is 1. The average Bonchev–Trinajstić information content (AvgIpc) is 2.92. The fourth-order valence-corrected chi connectivity index (χ4v) is 2.33. The lowest BCUT2D eigenvalue weighted by atomic mass is 10.2. The molecule has 4 heteroatoms. The van der Waals surface area contributed by atoms with E-state index in [0.29, 0.717) is 17.9 Å². The van der Waals surface area contributed by atoms with Gasteiger partial charge in [-0.05, 0) is 36.1 Å². The largest absolute Gasteiger partial charge is 0.497 e. The molecule has 18 heavy (non-hydrogen) atoms. The molecule has 0 bridgehead atoms. The molecule has 0 saturated heterocycles. The van der Waals surface area contributed by atoms with E-state index in [1.54, 1.807) is 30.6 Å². The topological polar surface area (TPSA) is 38.3 Å². The summed E-state index contributed by atoms with van der Waals surface area (Å²) in [4.78, 5) is 13.2. The highest BCUT2D eigenvalue weighted by atomic mass is 32.1. The summed E-state index contributed by atoms with van der Waals surface area (Å²) >= 11 is 1.71. The third kappa shape index (κ3) is 3.34. The highest BCUT2D eigenvalue weighted by Gasteiger charge is 2.05. The van der Waals surface area contributed by atoms with Crippen LogP contribution in [0.2, 0.25) is 0 Å². The van der Waals surface area contributed by atoms with Crippen LogP contribution in [0, 0.1) is 0 Å². The number of hydrogen-bond acceptors (Lipinski definition) is 3. The van der Waals surface area contributed by atoms with E-state index < -0.39 is 0 Å². The molecule has 0 aliphatic rings. The quantitative estimate of drug-likeness (QED) is 0.898. The minimum Gasteiger partial charge on any atom is -0.497 e. The Morgan fingerprint density at radius 1 is 1.33 bits per heavy atom. The highest BCUT2D eigenvalue weighted by molar-refractivity contribution is 7.09. The van der Waals surface area contributed by atoms with Crippen molar-refractivity contribution in [2.24, 2.45) is 0 Å². The maximum absolute atomic E-state index is 11.9. The van der Waals surface area contributed by atoms with Crippen LogP contribution in [0.15, 0.2) is 41.8 Å². The third-order valence-corrected chi connectivity index (χ3v) is 3.51. The summed E-state index contributed by atoms with van der Waals surface area (Å²) in [5, 5.41) is 4.94.